The van der Waals surface area contributed by atoms with Crippen molar-refractivity contribution in [1.29, 1.82) is 0 Å². The Balaban J connectivity index is 2.39. The third kappa shape index (κ3) is 5.90. The van der Waals surface area contributed by atoms with Gasteiger partial charge in [-0.1, -0.05) is 13.8 Å². The number of piperidine rings is 1. The second kappa shape index (κ2) is 8.95. The van der Waals surface area contributed by atoms with Gasteiger partial charge in [-0.2, -0.15) is 0 Å². The van der Waals surface area contributed by atoms with Gasteiger partial charge in [-0.15, -0.1) is 0 Å². The number of ether oxygens (including phenoxy) is 1. The van der Waals surface area contributed by atoms with E-state index in [4.69, 9.17) is 4.74 Å². The first kappa shape index (κ1) is 17.0. The molecule has 1 N–H and O–H groups in total. The van der Waals surface area contributed by atoms with Gasteiger partial charge in [-0.05, 0) is 32.2 Å². The Kier molecular flexibility index (Phi) is 7.59. The maximum absolute atomic E-state index is 12.3. The Hall–Kier alpha value is -1.10. The van der Waals surface area contributed by atoms with E-state index in [1.165, 1.54) is 7.11 Å². The zero-order chi connectivity index (χ0) is 15.0. The third-order valence-electron chi connectivity index (χ3n) is 3.70. The van der Waals surface area contributed by atoms with Gasteiger partial charge in [0.15, 0.2) is 0 Å². The number of hydrogen-bond acceptors (Lipinski definition) is 4. The van der Waals surface area contributed by atoms with Crippen LogP contribution in [0.15, 0.2) is 0 Å². The molecule has 5 heteroatoms. The predicted molar refractivity (Wildman–Crippen MR) is 78.4 cm³/mol. The van der Waals surface area contributed by atoms with E-state index >= 15 is 0 Å². The average molecular weight is 284 g/mol. The Morgan fingerprint density at radius 1 is 1.35 bits per heavy atom. The van der Waals surface area contributed by atoms with Crippen LogP contribution in [0, 0.1) is 0 Å². The Morgan fingerprint density at radius 3 is 2.75 bits per heavy atom. The van der Waals surface area contributed by atoms with Crippen LogP contribution in [0.1, 0.15) is 52.4 Å². The van der Waals surface area contributed by atoms with E-state index in [0.717, 1.165) is 38.8 Å². The minimum atomic E-state index is -0.226. The van der Waals surface area contributed by atoms with Crippen molar-refractivity contribution in [3.8, 4) is 0 Å². The molecule has 0 aromatic rings. The fourth-order valence-electron chi connectivity index (χ4n) is 2.59. The molecule has 5 nitrogen and oxygen atoms in total. The van der Waals surface area contributed by atoms with Crippen LogP contribution in [0.3, 0.4) is 0 Å². The molecular weight excluding hydrogens is 256 g/mol. The van der Waals surface area contributed by atoms with Crippen molar-refractivity contribution in [2.45, 2.75) is 64.5 Å². The fourth-order valence-corrected chi connectivity index (χ4v) is 2.59. The smallest absolute Gasteiger partial charge is 0.307 e. The molecule has 1 rings (SSSR count). The lowest BCUT2D eigenvalue weighted by Gasteiger charge is -2.35. The topological polar surface area (TPSA) is 58.6 Å². The molecule has 116 valence electrons. The second-order valence-electron chi connectivity index (χ2n) is 5.73. The van der Waals surface area contributed by atoms with Crippen LogP contribution >= 0.6 is 0 Å². The van der Waals surface area contributed by atoms with Crippen molar-refractivity contribution < 1.29 is 14.3 Å². The van der Waals surface area contributed by atoms with Gasteiger partial charge in [0, 0.05) is 25.0 Å². The highest BCUT2D eigenvalue weighted by molar-refractivity contribution is 5.78. The van der Waals surface area contributed by atoms with Crippen LogP contribution in [0.2, 0.25) is 0 Å². The maximum atomic E-state index is 12.3. The highest BCUT2D eigenvalue weighted by atomic mass is 16.5. The standard InChI is InChI=1S/C15H28N2O3/c1-12(2)16-9-6-8-14(18)17-10-5-4-7-13(17)11-15(19)20-3/h12-13,16H,4-11H2,1-3H3. The number of carbonyl (C=O) groups excluding carboxylic acids is 2. The third-order valence-corrected chi connectivity index (χ3v) is 3.70. The summed E-state index contributed by atoms with van der Waals surface area (Å²) in [5, 5.41) is 3.31. The van der Waals surface area contributed by atoms with Crippen molar-refractivity contribution in [1.82, 2.24) is 10.2 Å². The lowest BCUT2D eigenvalue weighted by atomic mass is 9.98. The van der Waals surface area contributed by atoms with E-state index in [2.05, 4.69) is 19.2 Å². The summed E-state index contributed by atoms with van der Waals surface area (Å²) in [4.78, 5) is 25.6. The number of amides is 1. The summed E-state index contributed by atoms with van der Waals surface area (Å²) in [6.45, 7) is 5.83. The van der Waals surface area contributed by atoms with Gasteiger partial charge in [-0.3, -0.25) is 9.59 Å². The summed E-state index contributed by atoms with van der Waals surface area (Å²) < 4.78 is 4.72. The largest absolute Gasteiger partial charge is 0.469 e. The zero-order valence-electron chi connectivity index (χ0n) is 13.0. The van der Waals surface area contributed by atoms with Gasteiger partial charge < -0.3 is 15.0 Å². The van der Waals surface area contributed by atoms with Crippen molar-refractivity contribution >= 4 is 11.9 Å². The summed E-state index contributed by atoms with van der Waals surface area (Å²) in [6, 6.07) is 0.480. The summed E-state index contributed by atoms with van der Waals surface area (Å²) in [7, 11) is 1.40. The SMILES string of the molecule is COC(=O)CC1CCCCN1C(=O)CCCNC(C)C. The number of likely N-dealkylation sites (tertiary alicyclic amines) is 1. The van der Waals surface area contributed by atoms with Gasteiger partial charge >= 0.3 is 5.97 Å². The average Bonchev–Trinajstić information content (AvgIpc) is 2.43. The van der Waals surface area contributed by atoms with Crippen molar-refractivity contribution in [3.63, 3.8) is 0 Å². The highest BCUT2D eigenvalue weighted by Gasteiger charge is 2.28. The van der Waals surface area contributed by atoms with E-state index in [1.807, 2.05) is 4.90 Å². The minimum Gasteiger partial charge on any atom is -0.469 e. The highest BCUT2D eigenvalue weighted by Crippen LogP contribution is 2.21. The first-order chi connectivity index (χ1) is 9.54. The van der Waals surface area contributed by atoms with Gasteiger partial charge in [-0.25, -0.2) is 0 Å². The van der Waals surface area contributed by atoms with E-state index in [9.17, 15) is 9.59 Å². The zero-order valence-corrected chi connectivity index (χ0v) is 13.0. The molecule has 0 spiro atoms. The normalized spacial score (nSPS) is 19.2. The quantitative estimate of drug-likeness (QED) is 0.571. The van der Waals surface area contributed by atoms with Crippen molar-refractivity contribution in [2.24, 2.45) is 0 Å². The molecule has 1 aliphatic heterocycles. The Labute approximate surface area is 122 Å². The summed E-state index contributed by atoms with van der Waals surface area (Å²) >= 11 is 0. The number of nitrogens with one attached hydrogen (secondary N) is 1. The number of hydrogen-bond donors (Lipinski definition) is 1. The van der Waals surface area contributed by atoms with Crippen LogP contribution in [0.25, 0.3) is 0 Å². The Bertz CT molecular complexity index is 318. The molecule has 0 bridgehead atoms. The number of carbonyl (C=O) groups is 2. The monoisotopic (exact) mass is 284 g/mol. The summed E-state index contributed by atoms with van der Waals surface area (Å²) in [5.74, 6) is -0.0552. The number of rotatable bonds is 7. The Morgan fingerprint density at radius 2 is 2.10 bits per heavy atom. The van der Waals surface area contributed by atoms with Gasteiger partial charge in [0.1, 0.15) is 0 Å². The molecular formula is C15H28N2O3. The number of esters is 1. The fraction of sp³-hybridized carbons (Fsp3) is 0.867. The van der Waals surface area contributed by atoms with Crippen LogP contribution in [-0.2, 0) is 14.3 Å². The molecule has 1 heterocycles. The molecule has 0 saturated carbocycles. The predicted octanol–water partition coefficient (Wildman–Crippen LogP) is 1.71. The molecule has 0 aromatic heterocycles. The molecule has 0 aromatic carbocycles. The van der Waals surface area contributed by atoms with E-state index in [1.54, 1.807) is 0 Å². The number of methoxy groups -OCH3 is 1. The molecule has 1 unspecified atom stereocenters. The molecule has 0 radical (unpaired) electrons. The number of nitrogens with zero attached hydrogens (tertiary/aromatic N) is 1. The van der Waals surface area contributed by atoms with Crippen LogP contribution in [0.5, 0.6) is 0 Å². The molecule has 1 fully saturated rings. The second-order valence-corrected chi connectivity index (χ2v) is 5.73. The molecule has 1 aliphatic rings. The molecule has 20 heavy (non-hydrogen) atoms. The van der Waals surface area contributed by atoms with Crippen LogP contribution in [0.4, 0.5) is 0 Å². The van der Waals surface area contributed by atoms with Crippen molar-refractivity contribution in [2.75, 3.05) is 20.2 Å². The molecule has 0 aliphatic carbocycles. The molecule has 1 atom stereocenters. The van der Waals surface area contributed by atoms with Gasteiger partial charge in [0.05, 0.1) is 13.5 Å². The van der Waals surface area contributed by atoms with Crippen LogP contribution in [-0.4, -0.2) is 49.1 Å². The van der Waals surface area contributed by atoms with Crippen molar-refractivity contribution in [3.05, 3.63) is 0 Å². The summed E-state index contributed by atoms with van der Waals surface area (Å²) in [6.07, 6.45) is 4.75. The van der Waals surface area contributed by atoms with Gasteiger partial charge in [0.25, 0.3) is 0 Å². The van der Waals surface area contributed by atoms with E-state index in [0.29, 0.717) is 18.9 Å². The molecule has 1 amide bonds. The lowest BCUT2D eigenvalue weighted by molar-refractivity contribution is -0.144. The van der Waals surface area contributed by atoms with Gasteiger partial charge in [0.2, 0.25) is 5.91 Å². The van der Waals surface area contributed by atoms with E-state index in [-0.39, 0.29) is 17.9 Å². The molecule has 1 saturated heterocycles. The van der Waals surface area contributed by atoms with E-state index < -0.39 is 0 Å². The lowest BCUT2D eigenvalue weighted by Crippen LogP contribution is -2.45. The first-order valence-corrected chi connectivity index (χ1v) is 7.64. The summed E-state index contributed by atoms with van der Waals surface area (Å²) in [5.41, 5.74) is 0. The minimum absolute atomic E-state index is 0.0294. The first-order valence-electron chi connectivity index (χ1n) is 7.64. The van der Waals surface area contributed by atoms with Crippen LogP contribution < -0.4 is 5.32 Å². The maximum Gasteiger partial charge on any atom is 0.307 e.